The average molecular weight is 221 g/mol. The van der Waals surface area contributed by atoms with E-state index in [-0.39, 0.29) is 5.91 Å². The molecular weight excluding hydrogens is 202 g/mol. The summed E-state index contributed by atoms with van der Waals surface area (Å²) in [5, 5.41) is 0. The number of nitrogens with zero attached hydrogens (tertiary/aromatic N) is 1. The van der Waals surface area contributed by atoms with Gasteiger partial charge in [-0.15, -0.1) is 0 Å². The SMILES string of the molecule is COc1cc(C)c(C)cc1CN(C)C(C)=O. The van der Waals surface area contributed by atoms with Crippen LogP contribution in [-0.2, 0) is 11.3 Å². The zero-order valence-electron chi connectivity index (χ0n) is 10.6. The maximum atomic E-state index is 11.2. The molecule has 0 N–H and O–H groups in total. The van der Waals surface area contributed by atoms with Crippen LogP contribution in [-0.4, -0.2) is 25.0 Å². The lowest BCUT2D eigenvalue weighted by molar-refractivity contribution is -0.128. The first-order chi connectivity index (χ1) is 7.45. The molecule has 0 saturated heterocycles. The molecule has 0 unspecified atom stereocenters. The van der Waals surface area contributed by atoms with Crippen LogP contribution in [0.25, 0.3) is 0 Å². The van der Waals surface area contributed by atoms with Crippen LogP contribution in [0.1, 0.15) is 23.6 Å². The Balaban J connectivity index is 3.03. The Hall–Kier alpha value is -1.51. The molecule has 1 rings (SSSR count). The highest BCUT2D eigenvalue weighted by Crippen LogP contribution is 2.24. The molecule has 0 spiro atoms. The van der Waals surface area contributed by atoms with Crippen molar-refractivity contribution in [2.45, 2.75) is 27.3 Å². The summed E-state index contributed by atoms with van der Waals surface area (Å²) in [6.07, 6.45) is 0. The summed E-state index contributed by atoms with van der Waals surface area (Å²) in [6, 6.07) is 4.09. The summed E-state index contributed by atoms with van der Waals surface area (Å²) in [5.74, 6) is 0.900. The van der Waals surface area contributed by atoms with Gasteiger partial charge in [-0.05, 0) is 31.0 Å². The second kappa shape index (κ2) is 5.01. The molecule has 0 heterocycles. The summed E-state index contributed by atoms with van der Waals surface area (Å²) in [7, 11) is 3.44. The van der Waals surface area contributed by atoms with E-state index in [0.717, 1.165) is 11.3 Å². The van der Waals surface area contributed by atoms with Gasteiger partial charge in [-0.25, -0.2) is 0 Å². The van der Waals surface area contributed by atoms with Crippen molar-refractivity contribution in [3.63, 3.8) is 0 Å². The maximum absolute atomic E-state index is 11.2. The van der Waals surface area contributed by atoms with E-state index in [1.807, 2.05) is 6.07 Å². The molecule has 0 aromatic heterocycles. The van der Waals surface area contributed by atoms with Gasteiger partial charge in [0.15, 0.2) is 0 Å². The van der Waals surface area contributed by atoms with Gasteiger partial charge in [0.1, 0.15) is 5.75 Å². The number of rotatable bonds is 3. The molecule has 16 heavy (non-hydrogen) atoms. The third-order valence-electron chi connectivity index (χ3n) is 2.84. The smallest absolute Gasteiger partial charge is 0.219 e. The summed E-state index contributed by atoms with van der Waals surface area (Å²) >= 11 is 0. The number of carbonyl (C=O) groups is 1. The molecule has 0 bridgehead atoms. The first-order valence-electron chi connectivity index (χ1n) is 5.31. The Morgan fingerprint density at radius 2 is 1.88 bits per heavy atom. The number of aryl methyl sites for hydroxylation is 2. The van der Waals surface area contributed by atoms with Crippen LogP contribution in [0, 0.1) is 13.8 Å². The normalized spacial score (nSPS) is 10.1. The van der Waals surface area contributed by atoms with Crippen LogP contribution < -0.4 is 4.74 Å². The maximum Gasteiger partial charge on any atom is 0.219 e. The topological polar surface area (TPSA) is 29.5 Å². The second-order valence-electron chi connectivity index (χ2n) is 4.12. The summed E-state index contributed by atoms with van der Waals surface area (Å²) < 4.78 is 5.32. The Labute approximate surface area is 97.0 Å². The minimum Gasteiger partial charge on any atom is -0.496 e. The Kier molecular flexibility index (Phi) is 3.93. The quantitative estimate of drug-likeness (QED) is 0.783. The predicted octanol–water partition coefficient (Wildman–Crippen LogP) is 2.29. The van der Waals surface area contributed by atoms with Crippen LogP contribution in [0.5, 0.6) is 5.75 Å². The van der Waals surface area contributed by atoms with E-state index >= 15 is 0 Å². The van der Waals surface area contributed by atoms with Crippen molar-refractivity contribution >= 4 is 5.91 Å². The van der Waals surface area contributed by atoms with Crippen molar-refractivity contribution in [3.8, 4) is 5.75 Å². The molecule has 88 valence electrons. The summed E-state index contributed by atoms with van der Waals surface area (Å²) in [5.41, 5.74) is 3.46. The van der Waals surface area contributed by atoms with Crippen LogP contribution in [0.2, 0.25) is 0 Å². The fourth-order valence-corrected chi connectivity index (χ4v) is 1.53. The number of hydrogen-bond donors (Lipinski definition) is 0. The Morgan fingerprint density at radius 3 is 2.38 bits per heavy atom. The number of benzene rings is 1. The van der Waals surface area contributed by atoms with Crippen molar-refractivity contribution in [1.29, 1.82) is 0 Å². The number of methoxy groups -OCH3 is 1. The van der Waals surface area contributed by atoms with Crippen LogP contribution >= 0.6 is 0 Å². The highest BCUT2D eigenvalue weighted by molar-refractivity contribution is 5.73. The molecule has 3 heteroatoms. The highest BCUT2D eigenvalue weighted by Gasteiger charge is 2.10. The predicted molar refractivity (Wildman–Crippen MR) is 64.6 cm³/mol. The molecule has 0 atom stereocenters. The molecule has 0 aliphatic rings. The molecule has 0 aliphatic heterocycles. The van der Waals surface area contributed by atoms with E-state index in [2.05, 4.69) is 19.9 Å². The summed E-state index contributed by atoms with van der Waals surface area (Å²) in [6.45, 7) is 6.26. The zero-order chi connectivity index (χ0) is 12.3. The monoisotopic (exact) mass is 221 g/mol. The molecule has 0 aliphatic carbocycles. The van der Waals surface area contributed by atoms with E-state index in [1.165, 1.54) is 11.1 Å². The largest absolute Gasteiger partial charge is 0.496 e. The molecule has 0 fully saturated rings. The molecule has 0 saturated carbocycles. The van der Waals surface area contributed by atoms with Gasteiger partial charge in [0.2, 0.25) is 5.91 Å². The van der Waals surface area contributed by atoms with Crippen molar-refractivity contribution in [3.05, 3.63) is 28.8 Å². The molecular formula is C13H19NO2. The van der Waals surface area contributed by atoms with Crippen molar-refractivity contribution in [2.24, 2.45) is 0 Å². The van der Waals surface area contributed by atoms with Crippen LogP contribution in [0.15, 0.2) is 12.1 Å². The molecule has 3 nitrogen and oxygen atoms in total. The van der Waals surface area contributed by atoms with Crippen molar-refractivity contribution < 1.29 is 9.53 Å². The first-order valence-corrected chi connectivity index (χ1v) is 5.31. The number of amides is 1. The number of ether oxygens (including phenoxy) is 1. The Morgan fingerprint density at radius 1 is 1.31 bits per heavy atom. The second-order valence-corrected chi connectivity index (χ2v) is 4.12. The minimum atomic E-state index is 0.0558. The van der Waals surface area contributed by atoms with Gasteiger partial charge >= 0.3 is 0 Å². The molecule has 1 aromatic carbocycles. The molecule has 1 aromatic rings. The van der Waals surface area contributed by atoms with Crippen molar-refractivity contribution in [1.82, 2.24) is 4.90 Å². The van der Waals surface area contributed by atoms with Crippen LogP contribution in [0.3, 0.4) is 0 Å². The van der Waals surface area contributed by atoms with Gasteiger partial charge in [0.05, 0.1) is 7.11 Å². The van der Waals surface area contributed by atoms with Gasteiger partial charge < -0.3 is 9.64 Å². The molecule has 0 radical (unpaired) electrons. The lowest BCUT2D eigenvalue weighted by atomic mass is 10.0. The van der Waals surface area contributed by atoms with Crippen LogP contribution in [0.4, 0.5) is 0 Å². The van der Waals surface area contributed by atoms with Gasteiger partial charge in [0, 0.05) is 26.1 Å². The van der Waals surface area contributed by atoms with E-state index in [0.29, 0.717) is 6.54 Å². The standard InChI is InChI=1S/C13H19NO2/c1-9-6-12(8-14(4)11(3)15)13(16-5)7-10(9)2/h6-7H,8H2,1-5H3. The number of hydrogen-bond acceptors (Lipinski definition) is 2. The zero-order valence-corrected chi connectivity index (χ0v) is 10.6. The lowest BCUT2D eigenvalue weighted by Crippen LogP contribution is -2.23. The number of carbonyl (C=O) groups excluding carboxylic acids is 1. The Bertz CT molecular complexity index is 399. The first kappa shape index (κ1) is 12.6. The van der Waals surface area contributed by atoms with E-state index in [4.69, 9.17) is 4.74 Å². The van der Waals surface area contributed by atoms with Crippen molar-refractivity contribution in [2.75, 3.05) is 14.2 Å². The fourth-order valence-electron chi connectivity index (χ4n) is 1.53. The van der Waals surface area contributed by atoms with Gasteiger partial charge in [0.25, 0.3) is 0 Å². The average Bonchev–Trinajstić information content (AvgIpc) is 2.22. The minimum absolute atomic E-state index is 0.0558. The van der Waals surface area contributed by atoms with Gasteiger partial charge in [-0.3, -0.25) is 4.79 Å². The van der Waals surface area contributed by atoms with E-state index in [1.54, 1.807) is 26.0 Å². The lowest BCUT2D eigenvalue weighted by Gasteiger charge is -2.18. The third kappa shape index (κ3) is 2.75. The van der Waals surface area contributed by atoms with Gasteiger partial charge in [-0.2, -0.15) is 0 Å². The van der Waals surface area contributed by atoms with Gasteiger partial charge in [-0.1, -0.05) is 6.07 Å². The third-order valence-corrected chi connectivity index (χ3v) is 2.84. The fraction of sp³-hybridized carbons (Fsp3) is 0.462. The summed E-state index contributed by atoms with van der Waals surface area (Å²) in [4.78, 5) is 12.9. The highest BCUT2D eigenvalue weighted by atomic mass is 16.5. The van der Waals surface area contributed by atoms with E-state index < -0.39 is 0 Å². The molecule has 1 amide bonds. The van der Waals surface area contributed by atoms with E-state index in [9.17, 15) is 4.79 Å².